The second-order valence-electron chi connectivity index (χ2n) is 8.58. The standard InChI is InChI=1S/C20H40O2Si/c1-6-23(7-2,8-3)22-19-10-9-14-20(5)17(11-12-18(19)20)16(4)13-15-21/h16-19,21H,6-15H2,1-5H3/t16-,17-,18?,19+,20-/m1/s1. The third-order valence-corrected chi connectivity index (χ3v) is 12.4. The molecule has 1 N–H and O–H groups in total. The monoisotopic (exact) mass is 340 g/mol. The minimum atomic E-state index is -1.50. The SMILES string of the molecule is CC[Si](CC)(CC)O[C@H]1CCC[C@@]2(C)C1CC[C@@H]2[C@H](C)CCO. The highest BCUT2D eigenvalue weighted by Crippen LogP contribution is 2.59. The first-order valence-electron chi connectivity index (χ1n) is 10.2. The molecule has 2 saturated carbocycles. The molecule has 0 radical (unpaired) electrons. The summed E-state index contributed by atoms with van der Waals surface area (Å²) < 4.78 is 6.98. The molecule has 1 unspecified atom stereocenters. The summed E-state index contributed by atoms with van der Waals surface area (Å²) in [5.41, 5.74) is 0.451. The van der Waals surface area contributed by atoms with Crippen LogP contribution in [0.3, 0.4) is 0 Å². The van der Waals surface area contributed by atoms with Gasteiger partial charge in [-0.2, -0.15) is 0 Å². The van der Waals surface area contributed by atoms with Crippen molar-refractivity contribution in [1.29, 1.82) is 0 Å². The normalized spacial score (nSPS) is 36.0. The summed E-state index contributed by atoms with van der Waals surface area (Å²) in [6, 6.07) is 3.80. The molecule has 0 aliphatic heterocycles. The van der Waals surface area contributed by atoms with Crippen LogP contribution in [0.4, 0.5) is 0 Å². The van der Waals surface area contributed by atoms with Gasteiger partial charge in [-0.3, -0.25) is 0 Å². The van der Waals surface area contributed by atoms with Crippen LogP contribution < -0.4 is 0 Å². The van der Waals surface area contributed by atoms with Crippen molar-refractivity contribution in [3.63, 3.8) is 0 Å². The van der Waals surface area contributed by atoms with Gasteiger partial charge in [-0.15, -0.1) is 0 Å². The summed E-state index contributed by atoms with van der Waals surface area (Å²) in [7, 11) is -1.50. The fourth-order valence-electron chi connectivity index (χ4n) is 5.96. The van der Waals surface area contributed by atoms with E-state index in [9.17, 15) is 5.11 Å². The van der Waals surface area contributed by atoms with Gasteiger partial charge in [-0.25, -0.2) is 0 Å². The Morgan fingerprint density at radius 2 is 1.78 bits per heavy atom. The van der Waals surface area contributed by atoms with Crippen LogP contribution in [0.1, 0.15) is 73.1 Å². The first kappa shape index (κ1) is 19.5. The van der Waals surface area contributed by atoms with E-state index < -0.39 is 8.32 Å². The number of rotatable bonds is 8. The van der Waals surface area contributed by atoms with Gasteiger partial charge >= 0.3 is 0 Å². The second-order valence-corrected chi connectivity index (χ2v) is 13.3. The molecular weight excluding hydrogens is 300 g/mol. The fourth-order valence-corrected chi connectivity index (χ4v) is 8.89. The minimum absolute atomic E-state index is 0.343. The van der Waals surface area contributed by atoms with E-state index in [0.717, 1.165) is 18.3 Å². The van der Waals surface area contributed by atoms with Crippen molar-refractivity contribution in [3.8, 4) is 0 Å². The van der Waals surface area contributed by atoms with Gasteiger partial charge in [-0.1, -0.05) is 41.0 Å². The molecule has 0 amide bonds. The van der Waals surface area contributed by atoms with Gasteiger partial charge in [0.05, 0.1) is 0 Å². The molecule has 0 aromatic carbocycles. The highest BCUT2D eigenvalue weighted by Gasteiger charge is 2.53. The van der Waals surface area contributed by atoms with Gasteiger partial charge in [0, 0.05) is 12.7 Å². The summed E-state index contributed by atoms with van der Waals surface area (Å²) in [6.07, 6.45) is 8.18. The first-order chi connectivity index (χ1) is 11.0. The van der Waals surface area contributed by atoms with Crippen molar-refractivity contribution in [2.24, 2.45) is 23.2 Å². The van der Waals surface area contributed by atoms with Gasteiger partial charge in [0.2, 0.25) is 0 Å². The Bertz CT molecular complexity index is 360. The van der Waals surface area contributed by atoms with Crippen LogP contribution in [0, 0.1) is 23.2 Å². The molecule has 2 aliphatic carbocycles. The van der Waals surface area contributed by atoms with Crippen LogP contribution >= 0.6 is 0 Å². The molecule has 23 heavy (non-hydrogen) atoms. The molecule has 2 fully saturated rings. The molecule has 0 bridgehead atoms. The van der Waals surface area contributed by atoms with Crippen LogP contribution in [0.15, 0.2) is 0 Å². The molecule has 5 atom stereocenters. The lowest BCUT2D eigenvalue weighted by atomic mass is 9.61. The Hall–Kier alpha value is 0.137. The van der Waals surface area contributed by atoms with E-state index in [1.165, 1.54) is 50.2 Å². The fraction of sp³-hybridized carbons (Fsp3) is 1.00. The molecule has 2 aliphatic rings. The lowest BCUT2D eigenvalue weighted by Gasteiger charge is -2.48. The molecule has 0 saturated heterocycles. The van der Waals surface area contributed by atoms with Gasteiger partial charge in [0.1, 0.15) is 0 Å². The number of aliphatic hydroxyl groups is 1. The molecule has 0 aromatic rings. The zero-order chi connectivity index (χ0) is 17.1. The largest absolute Gasteiger partial charge is 0.414 e. The van der Waals surface area contributed by atoms with Gasteiger partial charge in [0.15, 0.2) is 8.32 Å². The molecule has 0 aromatic heterocycles. The number of fused-ring (bicyclic) bond motifs is 1. The molecule has 0 heterocycles. The smallest absolute Gasteiger partial charge is 0.192 e. The summed E-state index contributed by atoms with van der Waals surface area (Å²) in [6.45, 7) is 12.3. The zero-order valence-electron chi connectivity index (χ0n) is 16.2. The van der Waals surface area contributed by atoms with Crippen molar-refractivity contribution in [2.75, 3.05) is 6.61 Å². The minimum Gasteiger partial charge on any atom is -0.414 e. The summed E-state index contributed by atoms with van der Waals surface area (Å²) in [4.78, 5) is 0. The van der Waals surface area contributed by atoms with Gasteiger partial charge in [-0.05, 0) is 73.4 Å². The third-order valence-electron chi connectivity index (χ3n) is 7.74. The van der Waals surface area contributed by atoms with Crippen LogP contribution in [0.2, 0.25) is 18.1 Å². The Kier molecular flexibility index (Phi) is 6.78. The number of hydrogen-bond acceptors (Lipinski definition) is 2. The maximum absolute atomic E-state index is 9.36. The second kappa shape index (κ2) is 8.01. The molecular formula is C20H40O2Si. The van der Waals surface area contributed by atoms with Crippen molar-refractivity contribution in [2.45, 2.75) is 97.4 Å². The van der Waals surface area contributed by atoms with Gasteiger partial charge < -0.3 is 9.53 Å². The molecule has 2 nitrogen and oxygen atoms in total. The van der Waals surface area contributed by atoms with Crippen LogP contribution in [-0.2, 0) is 4.43 Å². The van der Waals surface area contributed by atoms with E-state index in [1.807, 2.05) is 0 Å². The van der Waals surface area contributed by atoms with E-state index in [1.54, 1.807) is 0 Å². The van der Waals surface area contributed by atoms with Crippen LogP contribution in [-0.4, -0.2) is 26.1 Å². The average molecular weight is 341 g/mol. The van der Waals surface area contributed by atoms with E-state index in [4.69, 9.17) is 4.43 Å². The lowest BCUT2D eigenvalue weighted by Crippen LogP contribution is -2.48. The molecule has 2 rings (SSSR count). The Morgan fingerprint density at radius 1 is 1.13 bits per heavy atom. The Labute approximate surface area is 145 Å². The Morgan fingerprint density at radius 3 is 2.35 bits per heavy atom. The van der Waals surface area contributed by atoms with Crippen molar-refractivity contribution in [1.82, 2.24) is 0 Å². The highest BCUT2D eigenvalue weighted by molar-refractivity contribution is 6.73. The molecule has 136 valence electrons. The maximum Gasteiger partial charge on any atom is 0.192 e. The number of hydrogen-bond donors (Lipinski definition) is 1. The van der Waals surface area contributed by atoms with Crippen LogP contribution in [0.5, 0.6) is 0 Å². The van der Waals surface area contributed by atoms with Crippen LogP contribution in [0.25, 0.3) is 0 Å². The topological polar surface area (TPSA) is 29.5 Å². The molecule has 3 heteroatoms. The van der Waals surface area contributed by atoms with E-state index in [-0.39, 0.29) is 0 Å². The maximum atomic E-state index is 9.36. The Balaban J connectivity index is 2.14. The summed E-state index contributed by atoms with van der Waals surface area (Å²) >= 11 is 0. The lowest BCUT2D eigenvalue weighted by molar-refractivity contribution is -0.0214. The summed E-state index contributed by atoms with van der Waals surface area (Å²) in [5, 5.41) is 9.36. The highest BCUT2D eigenvalue weighted by atomic mass is 28.4. The third kappa shape index (κ3) is 3.72. The van der Waals surface area contributed by atoms with Gasteiger partial charge in [0.25, 0.3) is 0 Å². The summed E-state index contributed by atoms with van der Waals surface area (Å²) in [5.74, 6) is 2.20. The predicted octanol–water partition coefficient (Wildman–Crippen LogP) is 5.61. The van der Waals surface area contributed by atoms with E-state index >= 15 is 0 Å². The van der Waals surface area contributed by atoms with E-state index in [2.05, 4.69) is 34.6 Å². The average Bonchev–Trinajstić information content (AvgIpc) is 2.91. The predicted molar refractivity (Wildman–Crippen MR) is 101 cm³/mol. The van der Waals surface area contributed by atoms with Crippen molar-refractivity contribution >= 4 is 8.32 Å². The zero-order valence-corrected chi connectivity index (χ0v) is 17.2. The van der Waals surface area contributed by atoms with Crippen molar-refractivity contribution < 1.29 is 9.53 Å². The first-order valence-corrected chi connectivity index (χ1v) is 12.8. The quantitative estimate of drug-likeness (QED) is 0.582. The molecule has 0 spiro atoms. The van der Waals surface area contributed by atoms with E-state index in [0.29, 0.717) is 24.0 Å². The van der Waals surface area contributed by atoms with Crippen molar-refractivity contribution in [3.05, 3.63) is 0 Å². The number of aliphatic hydroxyl groups excluding tert-OH is 1.